The molecule has 0 fully saturated rings. The summed E-state index contributed by atoms with van der Waals surface area (Å²) < 4.78 is 68.0. The number of aromatic nitrogens is 1. The van der Waals surface area contributed by atoms with Crippen LogP contribution in [0.3, 0.4) is 0 Å². The molecule has 0 unspecified atom stereocenters. The molecule has 0 saturated carbocycles. The molecule has 0 aliphatic carbocycles. The van der Waals surface area contributed by atoms with Crippen LogP contribution in [-0.4, -0.2) is 10.7 Å². The summed E-state index contributed by atoms with van der Waals surface area (Å²) in [5, 5.41) is 0.152. The van der Waals surface area contributed by atoms with Crippen LogP contribution in [0.25, 0.3) is 22.2 Å². The van der Waals surface area contributed by atoms with Crippen molar-refractivity contribution in [3.05, 3.63) is 127 Å². The van der Waals surface area contributed by atoms with Gasteiger partial charge in [-0.1, -0.05) is 47.4 Å². The summed E-state index contributed by atoms with van der Waals surface area (Å²) in [5.41, 5.74) is 3.56. The maximum atomic E-state index is 8.01. The molecule has 4 heteroatoms. The minimum atomic E-state index is -0.466. The number of pyridine rings is 1. The van der Waals surface area contributed by atoms with Crippen LogP contribution in [0.4, 0.5) is 0 Å². The smallest absolute Gasteiger partial charge is 0.120 e. The normalized spacial score (nSPS) is 15.7. The number of aliphatic imine (C=N–C) groups is 1. The molecular weight excluding hydrogens is 585 g/mol. The van der Waals surface area contributed by atoms with Crippen LogP contribution >= 0.6 is 0 Å². The van der Waals surface area contributed by atoms with Crippen molar-refractivity contribution in [2.75, 3.05) is 0 Å². The molecule has 0 atom stereocenters. The molecule has 3 nitrogen and oxygen atoms in total. The predicted octanol–water partition coefficient (Wildman–Crippen LogP) is 7.39. The largest absolute Gasteiger partial charge is 0.508 e. The van der Waals surface area contributed by atoms with Crippen LogP contribution in [0.1, 0.15) is 36.3 Å². The number of fused-ring (bicyclic) bond motifs is 1. The van der Waals surface area contributed by atoms with Crippen molar-refractivity contribution in [1.29, 1.82) is 0 Å². The molecule has 167 valence electrons. The summed E-state index contributed by atoms with van der Waals surface area (Å²) in [7, 11) is 0. The number of rotatable bonds is 2. The van der Waals surface area contributed by atoms with E-state index < -0.39 is 24.3 Å². The fraction of sp³-hybridized carbons (Fsp3) is 0.103. The van der Waals surface area contributed by atoms with Gasteiger partial charge >= 0.3 is 0 Å². The molecule has 5 rings (SSSR count). The Bertz CT molecular complexity index is 1700. The van der Waals surface area contributed by atoms with Crippen molar-refractivity contribution in [3.8, 4) is 11.3 Å². The van der Waals surface area contributed by atoms with Crippen molar-refractivity contribution in [1.82, 2.24) is 4.98 Å². The molecule has 0 bridgehead atoms. The first kappa shape index (κ1) is 15.5. The van der Waals surface area contributed by atoms with Crippen LogP contribution in [0.2, 0.25) is 0 Å². The molecule has 0 N–H and O–H groups in total. The molecule has 1 aliphatic rings. The van der Waals surface area contributed by atoms with Crippen molar-refractivity contribution >= 4 is 16.7 Å². The Kier molecular flexibility index (Phi) is 5.94. The summed E-state index contributed by atoms with van der Waals surface area (Å²) in [4.78, 5) is 8.26. The third-order valence-corrected chi connectivity index (χ3v) is 4.51. The SMILES string of the molecule is CC1=CN=C(c2[c-]cccc2)CC1.[2H]c1nc(-c2[c-]cccc3c([2H])c([2H])c([2H])c([2H])c3oc2)c([2H])c([2H])c1[2H].[Ir]. The van der Waals surface area contributed by atoms with Crippen LogP contribution in [0.15, 0.2) is 118 Å². The zero-order valence-electron chi connectivity index (χ0n) is 25.7. The molecule has 1 aliphatic heterocycles. The molecule has 1 radical (unpaired) electrons. The summed E-state index contributed by atoms with van der Waals surface area (Å²) >= 11 is 0. The molecule has 0 saturated heterocycles. The van der Waals surface area contributed by atoms with Gasteiger partial charge in [0.05, 0.1) is 11.0 Å². The number of hydrogen-bond donors (Lipinski definition) is 0. The van der Waals surface area contributed by atoms with Crippen LogP contribution in [0, 0.1) is 12.1 Å². The van der Waals surface area contributed by atoms with Gasteiger partial charge < -0.3 is 14.4 Å². The summed E-state index contributed by atoms with van der Waals surface area (Å²) in [6.07, 6.45) is 4.77. The second-order valence-corrected chi connectivity index (χ2v) is 6.84. The van der Waals surface area contributed by atoms with Gasteiger partial charge in [-0.15, -0.1) is 54.1 Å². The number of benzene rings is 2. The van der Waals surface area contributed by atoms with Gasteiger partial charge in [-0.05, 0) is 43.3 Å². The summed E-state index contributed by atoms with van der Waals surface area (Å²) in [6.45, 7) is 2.12. The topological polar surface area (TPSA) is 38.4 Å². The first-order valence-corrected chi connectivity index (χ1v) is 9.97. The quantitative estimate of drug-likeness (QED) is 0.220. The predicted molar refractivity (Wildman–Crippen MR) is 131 cm³/mol. The monoisotopic (exact) mass is 617 g/mol. The average molecular weight is 617 g/mol. The number of allylic oxidation sites excluding steroid dienone is 1. The number of hydrogen-bond acceptors (Lipinski definition) is 3. The number of para-hydroxylation sites is 1. The van der Waals surface area contributed by atoms with E-state index in [-0.39, 0.29) is 66.5 Å². The Morgan fingerprint density at radius 2 is 1.73 bits per heavy atom. The third kappa shape index (κ3) is 7.08. The Labute approximate surface area is 219 Å². The van der Waals surface area contributed by atoms with Gasteiger partial charge in [0.2, 0.25) is 0 Å². The van der Waals surface area contributed by atoms with E-state index >= 15 is 0 Å². The van der Waals surface area contributed by atoms with Gasteiger partial charge in [0.25, 0.3) is 0 Å². The Morgan fingerprint density at radius 3 is 2.55 bits per heavy atom. The minimum Gasteiger partial charge on any atom is -0.508 e. The van der Waals surface area contributed by atoms with Gasteiger partial charge in [-0.25, -0.2) is 0 Å². The molecule has 0 amide bonds. The second-order valence-electron chi connectivity index (χ2n) is 6.84. The standard InChI is InChI=1S/C17H12NO.C12H12N.Ir/c1-2-9-15(16-10-5-6-12-18-16)13-19-17-11-4-3-8-14(17)7-1;1-10-7-8-12(13-9-10)11-5-3-2-4-6-11;/h1-8,10-13H;2-5,9H,7-8H2,1H3;/q2*-1;/i3D,4D,5D,6D,8D,10D,11D,12D;;. The fourth-order valence-electron chi connectivity index (χ4n) is 2.85. The Balaban J connectivity index is 0.000000276. The molecule has 2 aromatic carbocycles. The van der Waals surface area contributed by atoms with E-state index in [9.17, 15) is 0 Å². The Hall–Kier alpha value is -3.33. The van der Waals surface area contributed by atoms with E-state index in [1.165, 1.54) is 23.8 Å². The average Bonchev–Trinajstić information content (AvgIpc) is 3.08. The van der Waals surface area contributed by atoms with Crippen molar-refractivity contribution in [2.45, 2.75) is 19.8 Å². The maximum Gasteiger partial charge on any atom is 0.120 e. The molecule has 33 heavy (non-hydrogen) atoms. The van der Waals surface area contributed by atoms with E-state index in [4.69, 9.17) is 15.4 Å². The second kappa shape index (κ2) is 12.6. The van der Waals surface area contributed by atoms with Gasteiger partial charge in [0.1, 0.15) is 5.58 Å². The molecule has 3 heterocycles. The van der Waals surface area contributed by atoms with Crippen molar-refractivity contribution in [2.24, 2.45) is 4.99 Å². The van der Waals surface area contributed by atoms with Gasteiger partial charge in [-0.2, -0.15) is 0 Å². The molecule has 4 aromatic rings. The van der Waals surface area contributed by atoms with Crippen LogP contribution in [0.5, 0.6) is 0 Å². The molecule has 2 aromatic heterocycles. The van der Waals surface area contributed by atoms with E-state index in [2.05, 4.69) is 35.1 Å². The molecule has 0 spiro atoms. The molecular formula is C29H24IrN2O-2. The summed E-state index contributed by atoms with van der Waals surface area (Å²) in [5.74, 6) is 0. The minimum absolute atomic E-state index is 0. The van der Waals surface area contributed by atoms with E-state index in [1.54, 1.807) is 0 Å². The number of nitrogens with zero attached hydrogens (tertiary/aromatic N) is 2. The third-order valence-electron chi connectivity index (χ3n) is 4.51. The van der Waals surface area contributed by atoms with Gasteiger partial charge in [0.15, 0.2) is 0 Å². The van der Waals surface area contributed by atoms with Crippen LogP contribution < -0.4 is 0 Å². The van der Waals surface area contributed by atoms with Crippen LogP contribution in [-0.2, 0) is 20.1 Å². The van der Waals surface area contributed by atoms with Gasteiger partial charge in [-0.3, -0.25) is 0 Å². The van der Waals surface area contributed by atoms with Crippen molar-refractivity contribution < 1.29 is 35.5 Å². The zero-order chi connectivity index (χ0) is 29.0. The zero-order valence-corrected chi connectivity index (χ0v) is 20.1. The fourth-order valence-corrected chi connectivity index (χ4v) is 2.85. The van der Waals surface area contributed by atoms with Crippen molar-refractivity contribution in [3.63, 3.8) is 0 Å². The first-order valence-electron chi connectivity index (χ1n) is 14.0. The van der Waals surface area contributed by atoms with Gasteiger partial charge in [0, 0.05) is 44.1 Å². The maximum absolute atomic E-state index is 8.01. The first-order chi connectivity index (χ1) is 19.1. The van der Waals surface area contributed by atoms with E-state index in [0.717, 1.165) is 30.4 Å². The summed E-state index contributed by atoms with van der Waals surface area (Å²) in [6, 6.07) is 15.6. The Morgan fingerprint density at radius 1 is 0.909 bits per heavy atom. The van der Waals surface area contributed by atoms with E-state index in [1.807, 2.05) is 24.4 Å². The van der Waals surface area contributed by atoms with E-state index in [0.29, 0.717) is 0 Å².